The van der Waals surface area contributed by atoms with Crippen molar-refractivity contribution in [3.63, 3.8) is 0 Å². The number of carbonyl (C=O) groups is 1. The molecule has 1 aliphatic heterocycles. The minimum Gasteiger partial charge on any atom is -0.368 e. The Labute approximate surface area is 73.1 Å². The van der Waals surface area contributed by atoms with Gasteiger partial charge in [-0.2, -0.15) is 0 Å². The van der Waals surface area contributed by atoms with Gasteiger partial charge in [0.15, 0.2) is 0 Å². The first kappa shape index (κ1) is 9.48. The van der Waals surface area contributed by atoms with Gasteiger partial charge < -0.3 is 11.1 Å². The number of primary amides is 1. The lowest BCUT2D eigenvalue weighted by atomic mass is 10.2. The third-order valence-corrected chi connectivity index (χ3v) is 2.33. The third kappa shape index (κ3) is 2.19. The van der Waals surface area contributed by atoms with Crippen LogP contribution in [-0.2, 0) is 4.79 Å². The van der Waals surface area contributed by atoms with E-state index in [9.17, 15) is 4.79 Å². The van der Waals surface area contributed by atoms with Crippen molar-refractivity contribution >= 4 is 5.91 Å². The Hall–Kier alpha value is -0.610. The van der Waals surface area contributed by atoms with Crippen LogP contribution in [0.4, 0.5) is 0 Å². The molecule has 1 rings (SSSR count). The summed E-state index contributed by atoms with van der Waals surface area (Å²) in [5.41, 5.74) is 5.26. The van der Waals surface area contributed by atoms with Gasteiger partial charge in [-0.15, -0.1) is 0 Å². The summed E-state index contributed by atoms with van der Waals surface area (Å²) in [6.07, 6.45) is 0.816. The van der Waals surface area contributed by atoms with Crippen molar-refractivity contribution in [2.45, 2.75) is 25.4 Å². The lowest BCUT2D eigenvalue weighted by Gasteiger charge is -2.23. The Balaban J connectivity index is 2.57. The molecular weight excluding hydrogens is 154 g/mol. The maximum Gasteiger partial charge on any atom is 0.234 e. The van der Waals surface area contributed by atoms with E-state index in [0.29, 0.717) is 6.04 Å². The molecule has 1 saturated heterocycles. The predicted octanol–water partition coefficient (Wildman–Crippen LogP) is -0.846. The summed E-state index contributed by atoms with van der Waals surface area (Å²) in [7, 11) is 1.94. The summed E-state index contributed by atoms with van der Waals surface area (Å²) < 4.78 is 0. The zero-order chi connectivity index (χ0) is 9.14. The van der Waals surface area contributed by atoms with Crippen LogP contribution in [0.1, 0.15) is 13.3 Å². The normalized spacial score (nSPS) is 32.8. The highest BCUT2D eigenvalue weighted by molar-refractivity contribution is 5.79. The van der Waals surface area contributed by atoms with Gasteiger partial charge in [-0.25, -0.2) is 0 Å². The first-order valence-corrected chi connectivity index (χ1v) is 4.34. The zero-order valence-corrected chi connectivity index (χ0v) is 7.71. The van der Waals surface area contributed by atoms with Crippen LogP contribution in [0.25, 0.3) is 0 Å². The molecule has 0 aromatic rings. The first-order valence-electron chi connectivity index (χ1n) is 4.34. The largest absolute Gasteiger partial charge is 0.368 e. The Morgan fingerprint density at radius 3 is 2.92 bits per heavy atom. The van der Waals surface area contributed by atoms with Crippen LogP contribution in [0, 0.1) is 0 Å². The van der Waals surface area contributed by atoms with Crippen LogP contribution in [0.15, 0.2) is 0 Å². The number of likely N-dealkylation sites (N-methyl/N-ethyl adjacent to an activating group) is 1. The Morgan fingerprint density at radius 2 is 2.33 bits per heavy atom. The van der Waals surface area contributed by atoms with E-state index in [1.807, 2.05) is 11.9 Å². The van der Waals surface area contributed by atoms with Crippen molar-refractivity contribution in [1.29, 1.82) is 0 Å². The number of nitrogens with two attached hydrogens (primary N) is 1. The number of hydrogen-bond acceptors (Lipinski definition) is 3. The lowest BCUT2D eigenvalue weighted by molar-refractivity contribution is -0.122. The van der Waals surface area contributed by atoms with E-state index in [0.717, 1.165) is 19.5 Å². The topological polar surface area (TPSA) is 58.4 Å². The number of carbonyl (C=O) groups excluding carboxylic acids is 1. The summed E-state index contributed by atoms with van der Waals surface area (Å²) in [5.74, 6) is -0.214. The van der Waals surface area contributed by atoms with Crippen LogP contribution in [0.5, 0.6) is 0 Å². The summed E-state index contributed by atoms with van der Waals surface area (Å²) >= 11 is 0. The minimum absolute atomic E-state index is 0.0950. The van der Waals surface area contributed by atoms with Crippen molar-refractivity contribution in [2.75, 3.05) is 20.1 Å². The number of nitrogens with zero attached hydrogens (tertiary/aromatic N) is 1. The van der Waals surface area contributed by atoms with Gasteiger partial charge in [-0.05, 0) is 26.9 Å². The minimum atomic E-state index is -0.214. The summed E-state index contributed by atoms with van der Waals surface area (Å²) in [4.78, 5) is 13.0. The van der Waals surface area contributed by atoms with E-state index >= 15 is 0 Å². The predicted molar refractivity (Wildman–Crippen MR) is 47.7 cm³/mol. The van der Waals surface area contributed by atoms with E-state index in [2.05, 4.69) is 12.2 Å². The summed E-state index contributed by atoms with van der Waals surface area (Å²) in [6.45, 7) is 3.87. The van der Waals surface area contributed by atoms with Crippen LogP contribution < -0.4 is 11.1 Å². The third-order valence-electron chi connectivity index (χ3n) is 2.33. The number of amides is 1. The number of nitrogens with one attached hydrogen (secondary N) is 1. The van der Waals surface area contributed by atoms with E-state index in [1.54, 1.807) is 0 Å². The fraction of sp³-hybridized carbons (Fsp3) is 0.875. The number of rotatable bonds is 1. The molecule has 0 bridgehead atoms. The Bertz CT molecular complexity index is 172. The van der Waals surface area contributed by atoms with Crippen molar-refractivity contribution in [3.05, 3.63) is 0 Å². The lowest BCUT2D eigenvalue weighted by Crippen LogP contribution is -2.43. The standard InChI is InChI=1S/C8H17N3O/c1-6-5-11(2)7(8(9)12)3-4-10-6/h6-7,10H,3-5H2,1-2H3,(H2,9,12). The molecular formula is C8H17N3O. The second kappa shape index (κ2) is 3.87. The molecule has 0 spiro atoms. The quantitative estimate of drug-likeness (QED) is 0.540. The Morgan fingerprint density at radius 1 is 1.67 bits per heavy atom. The van der Waals surface area contributed by atoms with E-state index < -0.39 is 0 Å². The average molecular weight is 171 g/mol. The zero-order valence-electron chi connectivity index (χ0n) is 7.71. The molecule has 0 saturated carbocycles. The van der Waals surface area contributed by atoms with Crippen molar-refractivity contribution in [1.82, 2.24) is 10.2 Å². The highest BCUT2D eigenvalue weighted by atomic mass is 16.1. The van der Waals surface area contributed by atoms with E-state index in [-0.39, 0.29) is 11.9 Å². The van der Waals surface area contributed by atoms with Crippen molar-refractivity contribution in [3.8, 4) is 0 Å². The molecule has 70 valence electrons. The molecule has 2 atom stereocenters. The fourth-order valence-corrected chi connectivity index (χ4v) is 1.67. The SMILES string of the molecule is CC1CN(C)C(C(N)=O)CCN1. The molecule has 2 unspecified atom stereocenters. The van der Waals surface area contributed by atoms with Crippen LogP contribution in [0.2, 0.25) is 0 Å². The molecule has 4 heteroatoms. The van der Waals surface area contributed by atoms with Gasteiger partial charge in [0.25, 0.3) is 0 Å². The molecule has 0 radical (unpaired) electrons. The Kier molecular flexibility index (Phi) is 3.05. The molecule has 1 aliphatic rings. The monoisotopic (exact) mass is 171 g/mol. The smallest absolute Gasteiger partial charge is 0.234 e. The molecule has 1 amide bonds. The van der Waals surface area contributed by atoms with Gasteiger partial charge in [-0.1, -0.05) is 0 Å². The fourth-order valence-electron chi connectivity index (χ4n) is 1.67. The first-order chi connectivity index (χ1) is 5.61. The molecule has 0 aromatic heterocycles. The summed E-state index contributed by atoms with van der Waals surface area (Å²) in [5, 5.41) is 3.31. The van der Waals surface area contributed by atoms with Crippen LogP contribution in [-0.4, -0.2) is 43.0 Å². The molecule has 0 aliphatic carbocycles. The maximum absolute atomic E-state index is 11.0. The summed E-state index contributed by atoms with van der Waals surface area (Å²) in [6, 6.07) is 0.349. The molecule has 12 heavy (non-hydrogen) atoms. The van der Waals surface area contributed by atoms with Gasteiger partial charge in [0.1, 0.15) is 0 Å². The average Bonchev–Trinajstić information content (AvgIpc) is 2.10. The van der Waals surface area contributed by atoms with Crippen molar-refractivity contribution in [2.24, 2.45) is 5.73 Å². The second-order valence-corrected chi connectivity index (χ2v) is 3.50. The molecule has 3 N–H and O–H groups in total. The van der Waals surface area contributed by atoms with E-state index in [1.165, 1.54) is 0 Å². The van der Waals surface area contributed by atoms with Crippen LogP contribution in [0.3, 0.4) is 0 Å². The molecule has 4 nitrogen and oxygen atoms in total. The van der Waals surface area contributed by atoms with Gasteiger partial charge in [0.2, 0.25) is 5.91 Å². The molecule has 1 fully saturated rings. The van der Waals surface area contributed by atoms with Crippen molar-refractivity contribution < 1.29 is 4.79 Å². The highest BCUT2D eigenvalue weighted by Gasteiger charge is 2.24. The molecule has 1 heterocycles. The van der Waals surface area contributed by atoms with Gasteiger partial charge in [0.05, 0.1) is 6.04 Å². The maximum atomic E-state index is 11.0. The second-order valence-electron chi connectivity index (χ2n) is 3.50. The highest BCUT2D eigenvalue weighted by Crippen LogP contribution is 2.05. The van der Waals surface area contributed by atoms with Gasteiger partial charge >= 0.3 is 0 Å². The van der Waals surface area contributed by atoms with E-state index in [4.69, 9.17) is 5.73 Å². The number of hydrogen-bond donors (Lipinski definition) is 2. The van der Waals surface area contributed by atoms with Gasteiger partial charge in [-0.3, -0.25) is 9.69 Å². The van der Waals surface area contributed by atoms with Gasteiger partial charge in [0, 0.05) is 12.6 Å². The van der Waals surface area contributed by atoms with Crippen LogP contribution >= 0.6 is 0 Å². The molecule has 0 aromatic carbocycles.